The van der Waals surface area contributed by atoms with Crippen molar-refractivity contribution in [2.75, 3.05) is 0 Å². The van der Waals surface area contributed by atoms with E-state index in [0.29, 0.717) is 11.1 Å². The topological polar surface area (TPSA) is 62.7 Å². The first-order valence-electron chi connectivity index (χ1n) is 4.23. The number of aromatic nitrogens is 2. The molecule has 76 valence electrons. The molecule has 2 heterocycles. The number of rotatable bonds is 3. The van der Waals surface area contributed by atoms with E-state index in [2.05, 4.69) is 16.3 Å². The van der Waals surface area contributed by atoms with Gasteiger partial charge in [-0.25, -0.2) is 0 Å². The van der Waals surface area contributed by atoms with Crippen molar-refractivity contribution in [3.63, 3.8) is 0 Å². The van der Waals surface area contributed by atoms with E-state index in [9.17, 15) is 0 Å². The summed E-state index contributed by atoms with van der Waals surface area (Å²) in [5.41, 5.74) is 0. The predicted molar refractivity (Wildman–Crippen MR) is 58.5 cm³/mol. The molecule has 0 fully saturated rings. The fraction of sp³-hybridized carbons (Fsp3) is 0.222. The largest absolute Gasteiger partial charge is 0.410 e. The van der Waals surface area contributed by atoms with Crippen molar-refractivity contribution in [2.45, 2.75) is 17.4 Å². The summed E-state index contributed by atoms with van der Waals surface area (Å²) in [4.78, 5) is 0.943. The summed E-state index contributed by atoms with van der Waals surface area (Å²) in [6.07, 6.45) is 0. The third-order valence-corrected chi connectivity index (χ3v) is 3.28. The van der Waals surface area contributed by atoms with E-state index in [1.807, 2.05) is 17.5 Å². The van der Waals surface area contributed by atoms with Crippen LogP contribution in [0, 0.1) is 11.3 Å². The van der Waals surface area contributed by atoms with Gasteiger partial charge in [-0.2, -0.15) is 5.26 Å². The van der Waals surface area contributed by atoms with E-state index in [4.69, 9.17) is 9.68 Å². The standard InChI is InChI=1S/C9H7N3OS2/c1-6(5-10)15-9-12-11-8(13-9)7-3-2-4-14-7/h2-4,6H,1H3. The number of nitriles is 1. The maximum atomic E-state index is 8.63. The van der Waals surface area contributed by atoms with E-state index >= 15 is 0 Å². The third kappa shape index (κ3) is 2.37. The molecule has 1 atom stereocenters. The average molecular weight is 237 g/mol. The molecule has 0 aliphatic heterocycles. The molecule has 4 nitrogen and oxygen atoms in total. The van der Waals surface area contributed by atoms with Crippen LogP contribution >= 0.6 is 23.1 Å². The SMILES string of the molecule is CC(C#N)Sc1nnc(-c2cccs2)o1. The molecule has 0 spiro atoms. The Morgan fingerprint density at radius 1 is 1.60 bits per heavy atom. The smallest absolute Gasteiger partial charge is 0.278 e. The second-order valence-corrected chi connectivity index (χ2v) is 4.98. The van der Waals surface area contributed by atoms with E-state index < -0.39 is 0 Å². The molecule has 15 heavy (non-hydrogen) atoms. The molecule has 0 saturated carbocycles. The average Bonchev–Trinajstić information content (AvgIpc) is 2.85. The van der Waals surface area contributed by atoms with Crippen molar-refractivity contribution in [2.24, 2.45) is 0 Å². The highest BCUT2D eigenvalue weighted by Gasteiger charge is 2.12. The molecule has 0 bridgehead atoms. The van der Waals surface area contributed by atoms with Gasteiger partial charge in [0.25, 0.3) is 11.1 Å². The van der Waals surface area contributed by atoms with E-state index in [1.165, 1.54) is 11.8 Å². The predicted octanol–water partition coefficient (Wildman–Crippen LogP) is 2.80. The molecular formula is C9H7N3OS2. The maximum absolute atomic E-state index is 8.63. The van der Waals surface area contributed by atoms with Crippen LogP contribution in [0.4, 0.5) is 0 Å². The Morgan fingerprint density at radius 3 is 3.13 bits per heavy atom. The minimum Gasteiger partial charge on any atom is -0.410 e. The van der Waals surface area contributed by atoms with Crippen molar-refractivity contribution >= 4 is 23.1 Å². The van der Waals surface area contributed by atoms with Crippen LogP contribution in [0.25, 0.3) is 10.8 Å². The van der Waals surface area contributed by atoms with Crippen molar-refractivity contribution < 1.29 is 4.42 Å². The fourth-order valence-corrected chi connectivity index (χ4v) is 2.15. The van der Waals surface area contributed by atoms with Gasteiger partial charge >= 0.3 is 0 Å². The van der Waals surface area contributed by atoms with Gasteiger partial charge in [0.1, 0.15) is 0 Å². The lowest BCUT2D eigenvalue weighted by atomic mass is 10.5. The molecule has 2 rings (SSSR count). The fourth-order valence-electron chi connectivity index (χ4n) is 0.935. The normalized spacial score (nSPS) is 12.3. The first kappa shape index (κ1) is 10.2. The summed E-state index contributed by atoms with van der Waals surface area (Å²) >= 11 is 2.81. The zero-order valence-electron chi connectivity index (χ0n) is 7.88. The summed E-state index contributed by atoms with van der Waals surface area (Å²) in [5, 5.41) is 18.6. The summed E-state index contributed by atoms with van der Waals surface area (Å²) in [6, 6.07) is 5.94. The Balaban J connectivity index is 2.15. The van der Waals surface area contributed by atoms with Crippen LogP contribution in [0.3, 0.4) is 0 Å². The molecular weight excluding hydrogens is 230 g/mol. The van der Waals surface area contributed by atoms with Crippen LogP contribution in [0.15, 0.2) is 27.2 Å². The summed E-state index contributed by atoms with van der Waals surface area (Å²) in [5.74, 6) is 0.512. The lowest BCUT2D eigenvalue weighted by Gasteiger charge is -1.93. The van der Waals surface area contributed by atoms with Crippen molar-refractivity contribution in [1.82, 2.24) is 10.2 Å². The Morgan fingerprint density at radius 2 is 2.47 bits per heavy atom. The highest BCUT2D eigenvalue weighted by atomic mass is 32.2. The molecule has 2 aromatic rings. The number of hydrogen-bond donors (Lipinski definition) is 0. The first-order chi connectivity index (χ1) is 7.29. The number of hydrogen-bond acceptors (Lipinski definition) is 6. The number of thiophene rings is 1. The highest BCUT2D eigenvalue weighted by Crippen LogP contribution is 2.27. The summed E-state index contributed by atoms with van der Waals surface area (Å²) in [7, 11) is 0. The highest BCUT2D eigenvalue weighted by molar-refractivity contribution is 7.99. The molecule has 0 aliphatic rings. The third-order valence-electron chi connectivity index (χ3n) is 1.60. The number of thioether (sulfide) groups is 1. The maximum Gasteiger partial charge on any atom is 0.278 e. The molecule has 1 unspecified atom stereocenters. The Labute approximate surface area is 94.9 Å². The van der Waals surface area contributed by atoms with Crippen LogP contribution in [-0.4, -0.2) is 15.4 Å². The molecule has 0 radical (unpaired) electrons. The Hall–Kier alpha value is -1.32. The van der Waals surface area contributed by atoms with E-state index in [1.54, 1.807) is 18.3 Å². The van der Waals surface area contributed by atoms with Gasteiger partial charge in [0.2, 0.25) is 0 Å². The zero-order valence-corrected chi connectivity index (χ0v) is 9.51. The zero-order chi connectivity index (χ0) is 10.7. The molecule has 0 aliphatic carbocycles. The van der Waals surface area contributed by atoms with Gasteiger partial charge < -0.3 is 4.42 Å². The number of nitrogens with zero attached hydrogens (tertiary/aromatic N) is 3. The summed E-state index contributed by atoms with van der Waals surface area (Å²) in [6.45, 7) is 1.79. The molecule has 0 saturated heterocycles. The van der Waals surface area contributed by atoms with Crippen molar-refractivity contribution in [3.8, 4) is 16.8 Å². The second-order valence-electron chi connectivity index (χ2n) is 2.74. The lowest BCUT2D eigenvalue weighted by Crippen LogP contribution is -1.88. The van der Waals surface area contributed by atoms with Crippen LogP contribution in [-0.2, 0) is 0 Å². The van der Waals surface area contributed by atoms with Gasteiger partial charge in [0, 0.05) is 0 Å². The second kappa shape index (κ2) is 4.47. The van der Waals surface area contributed by atoms with E-state index in [0.717, 1.165) is 4.88 Å². The van der Waals surface area contributed by atoms with Crippen LogP contribution in [0.1, 0.15) is 6.92 Å². The van der Waals surface area contributed by atoms with Gasteiger partial charge in [-0.05, 0) is 30.1 Å². The molecule has 0 amide bonds. The van der Waals surface area contributed by atoms with Crippen LogP contribution in [0.5, 0.6) is 0 Å². The van der Waals surface area contributed by atoms with Crippen molar-refractivity contribution in [3.05, 3.63) is 17.5 Å². The Kier molecular flexibility index (Phi) is 3.04. The minimum atomic E-state index is -0.179. The molecule has 0 N–H and O–H groups in total. The molecule has 6 heteroatoms. The van der Waals surface area contributed by atoms with Gasteiger partial charge in [0.05, 0.1) is 16.2 Å². The monoisotopic (exact) mass is 237 g/mol. The quantitative estimate of drug-likeness (QED) is 0.768. The minimum absolute atomic E-state index is 0.179. The van der Waals surface area contributed by atoms with Gasteiger partial charge in [-0.1, -0.05) is 6.07 Å². The lowest BCUT2D eigenvalue weighted by molar-refractivity contribution is 0.466. The van der Waals surface area contributed by atoms with Gasteiger partial charge in [0.15, 0.2) is 0 Å². The molecule has 0 aromatic carbocycles. The van der Waals surface area contributed by atoms with Crippen LogP contribution < -0.4 is 0 Å². The Bertz CT molecular complexity index is 472. The summed E-state index contributed by atoms with van der Waals surface area (Å²) < 4.78 is 5.40. The van der Waals surface area contributed by atoms with Gasteiger partial charge in [-0.3, -0.25) is 0 Å². The first-order valence-corrected chi connectivity index (χ1v) is 5.99. The molecule has 2 aromatic heterocycles. The van der Waals surface area contributed by atoms with E-state index in [-0.39, 0.29) is 5.25 Å². The van der Waals surface area contributed by atoms with Crippen LogP contribution in [0.2, 0.25) is 0 Å². The van der Waals surface area contributed by atoms with Gasteiger partial charge in [-0.15, -0.1) is 21.5 Å². The van der Waals surface area contributed by atoms with Crippen molar-refractivity contribution in [1.29, 1.82) is 5.26 Å².